The molecule has 0 aromatic carbocycles. The number of hydrogen-bond donors (Lipinski definition) is 1. The normalized spacial score (nSPS) is 25.1. The van der Waals surface area contributed by atoms with Gasteiger partial charge in [-0.1, -0.05) is 25.5 Å². The van der Waals surface area contributed by atoms with Crippen LogP contribution in [0.15, 0.2) is 11.6 Å². The Morgan fingerprint density at radius 2 is 1.76 bits per heavy atom. The van der Waals surface area contributed by atoms with Gasteiger partial charge in [0.15, 0.2) is 0 Å². The number of piperazine rings is 1. The van der Waals surface area contributed by atoms with Gasteiger partial charge in [-0.25, -0.2) is 9.59 Å². The zero-order valence-corrected chi connectivity index (χ0v) is 22.2. The van der Waals surface area contributed by atoms with E-state index in [9.17, 15) is 9.59 Å². The fourth-order valence-corrected chi connectivity index (χ4v) is 5.27. The first kappa shape index (κ1) is 25.9. The van der Waals surface area contributed by atoms with Gasteiger partial charge < -0.3 is 19.9 Å². The van der Waals surface area contributed by atoms with Crippen LogP contribution in [0.3, 0.4) is 0 Å². The molecule has 2 fully saturated rings. The first-order chi connectivity index (χ1) is 15.2. The van der Waals surface area contributed by atoms with Crippen LogP contribution < -0.4 is 5.32 Å². The lowest BCUT2D eigenvalue weighted by Gasteiger charge is -2.57. The molecule has 33 heavy (non-hydrogen) atoms. The summed E-state index contributed by atoms with van der Waals surface area (Å²) < 4.78 is 5.50. The van der Waals surface area contributed by atoms with Crippen molar-refractivity contribution in [2.24, 2.45) is 17.3 Å². The number of allylic oxidation sites excluding steroid dienone is 1. The number of rotatable bonds is 5. The van der Waals surface area contributed by atoms with E-state index in [1.165, 1.54) is 12.0 Å². The maximum Gasteiger partial charge on any atom is 0.410 e. The number of nitrogens with zero attached hydrogens (tertiary/aromatic N) is 3. The molecule has 0 spiro atoms. The molecule has 1 saturated carbocycles. The number of nitrogens with one attached hydrogen (secondary N) is 1. The third-order valence-corrected chi connectivity index (χ3v) is 7.44. The maximum absolute atomic E-state index is 13.2. The van der Waals surface area contributed by atoms with E-state index < -0.39 is 5.60 Å². The highest BCUT2D eigenvalue weighted by Crippen LogP contribution is 2.59. The molecule has 3 aliphatic carbocycles. The third-order valence-electron chi connectivity index (χ3n) is 7.44. The Balaban J connectivity index is 1.56. The maximum atomic E-state index is 13.2. The predicted octanol–water partition coefficient (Wildman–Crippen LogP) is 4.34. The lowest BCUT2D eigenvalue weighted by Crippen LogP contribution is -2.55. The van der Waals surface area contributed by atoms with Crippen molar-refractivity contribution in [3.63, 3.8) is 0 Å². The number of fused-ring (bicyclic) bond motifs is 1. The molecule has 2 atom stereocenters. The van der Waals surface area contributed by atoms with Gasteiger partial charge in [0.05, 0.1) is 0 Å². The Labute approximate surface area is 200 Å². The standard InChI is InChI=1S/C26H46N4O3/c1-24(2,3)27-22(31)30(18-19-9-10-20-17-21(19)26(20,7)8)16-13-28-11-14-29(15-12-28)23(32)33-25(4,5)6/h9,20-21H,10-18H2,1-8H3,(H,27,31). The molecule has 4 rings (SSSR count). The third kappa shape index (κ3) is 6.65. The second-order valence-corrected chi connectivity index (χ2v) is 12.7. The molecule has 0 aromatic heterocycles. The van der Waals surface area contributed by atoms with Gasteiger partial charge >= 0.3 is 12.1 Å². The summed E-state index contributed by atoms with van der Waals surface area (Å²) in [7, 11) is 0. The Bertz CT molecular complexity index is 754. The average molecular weight is 463 g/mol. The molecule has 2 unspecified atom stereocenters. The molecule has 0 radical (unpaired) electrons. The molecule has 1 N–H and O–H groups in total. The van der Waals surface area contributed by atoms with Gasteiger partial charge in [-0.2, -0.15) is 0 Å². The van der Waals surface area contributed by atoms with Crippen molar-refractivity contribution < 1.29 is 14.3 Å². The molecule has 1 aliphatic heterocycles. The van der Waals surface area contributed by atoms with Crippen molar-refractivity contribution in [3.8, 4) is 0 Å². The molecule has 7 nitrogen and oxygen atoms in total. The van der Waals surface area contributed by atoms with E-state index in [0.717, 1.165) is 32.0 Å². The van der Waals surface area contributed by atoms with Crippen LogP contribution in [0.5, 0.6) is 0 Å². The SMILES string of the molecule is CC(C)(C)NC(=O)N(CCN1CCN(C(=O)OC(C)(C)C)CC1)CC1=CCC2CC1C2(C)C. The van der Waals surface area contributed by atoms with Crippen molar-refractivity contribution in [3.05, 3.63) is 11.6 Å². The van der Waals surface area contributed by atoms with Crippen molar-refractivity contribution in [2.75, 3.05) is 45.8 Å². The average Bonchev–Trinajstić information content (AvgIpc) is 2.68. The largest absolute Gasteiger partial charge is 0.444 e. The minimum atomic E-state index is -0.474. The van der Waals surface area contributed by atoms with Crippen LogP contribution in [0.1, 0.15) is 68.2 Å². The minimum Gasteiger partial charge on any atom is -0.444 e. The lowest BCUT2D eigenvalue weighted by molar-refractivity contribution is -0.0100. The van der Waals surface area contributed by atoms with Gasteiger partial charge in [0.25, 0.3) is 0 Å². The molecular weight excluding hydrogens is 416 g/mol. The Morgan fingerprint density at radius 3 is 2.27 bits per heavy atom. The molecule has 2 bridgehead atoms. The van der Waals surface area contributed by atoms with Crippen molar-refractivity contribution in [2.45, 2.75) is 79.4 Å². The van der Waals surface area contributed by atoms with Crippen LogP contribution >= 0.6 is 0 Å². The lowest BCUT2D eigenvalue weighted by atomic mass is 9.49. The van der Waals surface area contributed by atoms with E-state index in [0.29, 0.717) is 37.5 Å². The first-order valence-electron chi connectivity index (χ1n) is 12.6. The highest BCUT2D eigenvalue weighted by atomic mass is 16.6. The molecule has 0 aromatic rings. The summed E-state index contributed by atoms with van der Waals surface area (Å²) in [6.45, 7) is 21.6. The van der Waals surface area contributed by atoms with Gasteiger partial charge in [-0.15, -0.1) is 0 Å². The van der Waals surface area contributed by atoms with E-state index >= 15 is 0 Å². The summed E-state index contributed by atoms with van der Waals surface area (Å²) in [5, 5.41) is 3.16. The highest BCUT2D eigenvalue weighted by Gasteiger charge is 2.51. The van der Waals surface area contributed by atoms with E-state index in [-0.39, 0.29) is 17.7 Å². The molecule has 7 heteroatoms. The highest BCUT2D eigenvalue weighted by molar-refractivity contribution is 5.75. The molecule has 188 valence electrons. The molecule has 4 aliphatic rings. The van der Waals surface area contributed by atoms with Crippen LogP contribution in [-0.2, 0) is 4.74 Å². The quantitative estimate of drug-likeness (QED) is 0.617. The van der Waals surface area contributed by atoms with Crippen LogP contribution in [0.4, 0.5) is 9.59 Å². The van der Waals surface area contributed by atoms with E-state index in [1.807, 2.05) is 46.4 Å². The van der Waals surface area contributed by atoms with Gasteiger partial charge in [-0.3, -0.25) is 4.90 Å². The van der Waals surface area contributed by atoms with E-state index in [1.54, 1.807) is 4.90 Å². The van der Waals surface area contributed by atoms with E-state index in [2.05, 4.69) is 30.1 Å². The van der Waals surface area contributed by atoms with Crippen LogP contribution in [-0.4, -0.2) is 83.8 Å². The summed E-state index contributed by atoms with van der Waals surface area (Å²) in [6.07, 6.45) is 4.56. The van der Waals surface area contributed by atoms with Gasteiger partial charge in [0, 0.05) is 51.4 Å². The van der Waals surface area contributed by atoms with Crippen molar-refractivity contribution >= 4 is 12.1 Å². The topological polar surface area (TPSA) is 65.1 Å². The van der Waals surface area contributed by atoms with Gasteiger partial charge in [0.1, 0.15) is 5.60 Å². The molecule has 1 heterocycles. The summed E-state index contributed by atoms with van der Waals surface area (Å²) in [5.74, 6) is 1.39. The van der Waals surface area contributed by atoms with Crippen LogP contribution in [0, 0.1) is 17.3 Å². The Kier molecular flexibility index (Phi) is 7.42. The smallest absolute Gasteiger partial charge is 0.410 e. The fraction of sp³-hybridized carbons (Fsp3) is 0.846. The van der Waals surface area contributed by atoms with Gasteiger partial charge in [-0.05, 0) is 71.6 Å². The Morgan fingerprint density at radius 1 is 1.12 bits per heavy atom. The molecule has 1 saturated heterocycles. The summed E-state index contributed by atoms with van der Waals surface area (Å²) in [4.78, 5) is 31.6. The minimum absolute atomic E-state index is 0.00930. The number of hydrogen-bond acceptors (Lipinski definition) is 4. The fourth-order valence-electron chi connectivity index (χ4n) is 5.27. The second-order valence-electron chi connectivity index (χ2n) is 12.7. The second kappa shape index (κ2) is 9.47. The molecular formula is C26H46N4O3. The van der Waals surface area contributed by atoms with Crippen molar-refractivity contribution in [1.82, 2.24) is 20.0 Å². The molecule has 3 amide bonds. The first-order valence-corrected chi connectivity index (χ1v) is 12.6. The zero-order valence-electron chi connectivity index (χ0n) is 22.2. The zero-order chi connectivity index (χ0) is 24.6. The number of carbonyl (C=O) groups is 2. The number of urea groups is 1. The van der Waals surface area contributed by atoms with Crippen LogP contribution in [0.25, 0.3) is 0 Å². The number of ether oxygens (including phenoxy) is 1. The monoisotopic (exact) mass is 462 g/mol. The van der Waals surface area contributed by atoms with Crippen LogP contribution in [0.2, 0.25) is 0 Å². The number of carbonyl (C=O) groups excluding carboxylic acids is 2. The summed E-state index contributed by atoms with van der Waals surface area (Å²) >= 11 is 0. The van der Waals surface area contributed by atoms with Gasteiger partial charge in [0.2, 0.25) is 0 Å². The summed E-state index contributed by atoms with van der Waals surface area (Å²) in [5.41, 5.74) is 1.05. The Hall–Kier alpha value is -1.76. The van der Waals surface area contributed by atoms with Crippen molar-refractivity contribution in [1.29, 1.82) is 0 Å². The van der Waals surface area contributed by atoms with E-state index in [4.69, 9.17) is 4.74 Å². The number of amides is 3. The predicted molar refractivity (Wildman–Crippen MR) is 132 cm³/mol. The summed E-state index contributed by atoms with van der Waals surface area (Å²) in [6, 6.07) is 0.00930.